The Morgan fingerprint density at radius 3 is 2.27 bits per heavy atom. The fraction of sp³-hybridized carbons (Fsp3) is 1.00. The van der Waals surface area contributed by atoms with Gasteiger partial charge < -0.3 is 9.47 Å². The number of unbranched alkanes of at least 4 members (excludes halogenated alkanes) is 1. The van der Waals surface area contributed by atoms with Crippen LogP contribution in [0.2, 0.25) is 0 Å². The summed E-state index contributed by atoms with van der Waals surface area (Å²) in [4.78, 5) is 0. The minimum Gasteiger partial charge on any atom is -0.385 e. The summed E-state index contributed by atoms with van der Waals surface area (Å²) in [5, 5.41) is 0. The Morgan fingerprint density at radius 1 is 1.00 bits per heavy atom. The van der Waals surface area contributed by atoms with Crippen LogP contribution in [0.4, 0.5) is 0 Å². The van der Waals surface area contributed by atoms with Gasteiger partial charge in [0.2, 0.25) is 0 Å². The molecule has 0 bridgehead atoms. The molecule has 0 rings (SSSR count). The molecular formula is C8H17O2S. The van der Waals surface area contributed by atoms with E-state index in [-0.39, 0.29) is 0 Å². The van der Waals surface area contributed by atoms with Crippen LogP contribution in [0.25, 0.3) is 0 Å². The van der Waals surface area contributed by atoms with E-state index in [1.54, 1.807) is 7.11 Å². The van der Waals surface area contributed by atoms with Gasteiger partial charge >= 0.3 is 0 Å². The average Bonchev–Trinajstić information content (AvgIpc) is 2.03. The molecule has 0 aliphatic heterocycles. The topological polar surface area (TPSA) is 18.5 Å². The van der Waals surface area contributed by atoms with Crippen molar-refractivity contribution in [2.45, 2.75) is 19.3 Å². The molecule has 67 valence electrons. The lowest BCUT2D eigenvalue weighted by atomic mass is 10.3. The van der Waals surface area contributed by atoms with E-state index in [1.807, 2.05) is 0 Å². The molecule has 0 aromatic rings. The Balaban J connectivity index is 2.69. The summed E-state index contributed by atoms with van der Waals surface area (Å²) in [6, 6.07) is 0. The van der Waals surface area contributed by atoms with Crippen molar-refractivity contribution in [1.29, 1.82) is 0 Å². The smallest absolute Gasteiger partial charge is 0.0474 e. The Kier molecular flexibility index (Phi) is 10.5. The van der Waals surface area contributed by atoms with Gasteiger partial charge in [-0.3, -0.25) is 0 Å². The molecule has 0 N–H and O–H groups in total. The summed E-state index contributed by atoms with van der Waals surface area (Å²) in [6.45, 7) is 2.50. The van der Waals surface area contributed by atoms with Crippen LogP contribution in [0.3, 0.4) is 0 Å². The monoisotopic (exact) mass is 177 g/mol. The molecule has 0 aliphatic carbocycles. The summed E-state index contributed by atoms with van der Waals surface area (Å²) in [7, 11) is 1.72. The van der Waals surface area contributed by atoms with E-state index in [9.17, 15) is 0 Å². The third-order valence-corrected chi connectivity index (χ3v) is 1.61. The van der Waals surface area contributed by atoms with Crippen molar-refractivity contribution in [3.8, 4) is 0 Å². The zero-order valence-corrected chi connectivity index (χ0v) is 7.99. The minimum atomic E-state index is 0.804. The van der Waals surface area contributed by atoms with E-state index in [1.165, 1.54) is 0 Å². The Labute approximate surface area is 74.7 Å². The number of rotatable bonds is 8. The summed E-state index contributed by atoms with van der Waals surface area (Å²) in [6.07, 6.45) is 3.18. The molecule has 0 aromatic carbocycles. The van der Waals surface area contributed by atoms with Crippen LogP contribution in [0.1, 0.15) is 19.3 Å². The van der Waals surface area contributed by atoms with Gasteiger partial charge in [-0.25, -0.2) is 0 Å². The highest BCUT2D eigenvalue weighted by molar-refractivity contribution is 7.80. The van der Waals surface area contributed by atoms with Crippen LogP contribution in [0, 0.1) is 0 Å². The lowest BCUT2D eigenvalue weighted by Gasteiger charge is -2.01. The van der Waals surface area contributed by atoms with E-state index >= 15 is 0 Å². The molecule has 0 saturated carbocycles. The molecule has 11 heavy (non-hydrogen) atoms. The number of methoxy groups -OCH3 is 1. The summed E-state index contributed by atoms with van der Waals surface area (Å²) in [5.41, 5.74) is 0. The van der Waals surface area contributed by atoms with Crippen LogP contribution in [-0.4, -0.2) is 32.7 Å². The molecule has 2 nitrogen and oxygen atoms in total. The van der Waals surface area contributed by atoms with Gasteiger partial charge in [-0.1, -0.05) is 12.6 Å². The number of hydrogen-bond donors (Lipinski definition) is 0. The highest BCUT2D eigenvalue weighted by Gasteiger charge is 1.88. The Bertz CT molecular complexity index is 61.1. The van der Waals surface area contributed by atoms with Gasteiger partial charge in [-0.15, -0.1) is 0 Å². The largest absolute Gasteiger partial charge is 0.385 e. The number of ether oxygens (including phenoxy) is 2. The summed E-state index contributed by atoms with van der Waals surface area (Å²) < 4.78 is 10.2. The Hall–Kier alpha value is 0.270. The summed E-state index contributed by atoms with van der Waals surface area (Å²) >= 11 is 4.77. The molecule has 3 heteroatoms. The third kappa shape index (κ3) is 10.3. The molecule has 0 aliphatic rings. The first-order valence-corrected chi connectivity index (χ1v) is 4.64. The van der Waals surface area contributed by atoms with Gasteiger partial charge in [0.25, 0.3) is 0 Å². The maximum atomic E-state index is 5.30. The van der Waals surface area contributed by atoms with Gasteiger partial charge in [-0.05, 0) is 19.3 Å². The fourth-order valence-electron chi connectivity index (χ4n) is 0.714. The van der Waals surface area contributed by atoms with Crippen LogP contribution >= 0.6 is 12.6 Å². The molecule has 0 fully saturated rings. The second-order valence-electron chi connectivity index (χ2n) is 2.37. The molecule has 0 aromatic heterocycles. The first-order valence-electron chi connectivity index (χ1n) is 4.06. The lowest BCUT2D eigenvalue weighted by molar-refractivity contribution is 0.120. The van der Waals surface area contributed by atoms with Crippen molar-refractivity contribution >= 4 is 12.6 Å². The van der Waals surface area contributed by atoms with Crippen LogP contribution in [0.15, 0.2) is 0 Å². The first kappa shape index (κ1) is 11.3. The first-order chi connectivity index (χ1) is 5.41. The van der Waals surface area contributed by atoms with Gasteiger partial charge in [0.1, 0.15) is 0 Å². The van der Waals surface area contributed by atoms with E-state index in [0.717, 1.165) is 44.8 Å². The van der Waals surface area contributed by atoms with E-state index < -0.39 is 0 Å². The van der Waals surface area contributed by atoms with Crippen LogP contribution in [0.5, 0.6) is 0 Å². The predicted molar refractivity (Wildman–Crippen MR) is 49.0 cm³/mol. The molecule has 0 heterocycles. The lowest BCUT2D eigenvalue weighted by Crippen LogP contribution is -1.99. The standard InChI is InChI=1S/C8H17O2S/c1-9-5-2-3-6-10-7-4-8-11/h2-8H2,1H3. The molecule has 1 radical (unpaired) electrons. The van der Waals surface area contributed by atoms with E-state index in [4.69, 9.17) is 22.1 Å². The van der Waals surface area contributed by atoms with Crippen LogP contribution in [-0.2, 0) is 9.47 Å². The zero-order valence-electron chi connectivity index (χ0n) is 7.17. The molecule has 0 atom stereocenters. The maximum absolute atomic E-state index is 5.30. The average molecular weight is 177 g/mol. The highest BCUT2D eigenvalue weighted by atomic mass is 32.1. The van der Waals surface area contributed by atoms with E-state index in [2.05, 4.69) is 0 Å². The normalized spacial score (nSPS) is 10.4. The molecule has 0 saturated heterocycles. The van der Waals surface area contributed by atoms with Gasteiger partial charge in [0.05, 0.1) is 0 Å². The van der Waals surface area contributed by atoms with E-state index in [0.29, 0.717) is 0 Å². The molecular weight excluding hydrogens is 160 g/mol. The highest BCUT2D eigenvalue weighted by Crippen LogP contribution is 1.92. The number of hydrogen-bond acceptors (Lipinski definition) is 2. The molecule has 0 unspecified atom stereocenters. The molecule has 0 amide bonds. The predicted octanol–water partition coefficient (Wildman–Crippen LogP) is 2.02. The molecule has 0 spiro atoms. The van der Waals surface area contributed by atoms with Crippen LogP contribution < -0.4 is 0 Å². The van der Waals surface area contributed by atoms with Gasteiger partial charge in [0, 0.05) is 32.7 Å². The SMILES string of the molecule is COCCCCOCCC[S]. The van der Waals surface area contributed by atoms with Crippen molar-refractivity contribution in [1.82, 2.24) is 0 Å². The Morgan fingerprint density at radius 2 is 1.64 bits per heavy atom. The van der Waals surface area contributed by atoms with Crippen molar-refractivity contribution < 1.29 is 9.47 Å². The maximum Gasteiger partial charge on any atom is 0.0474 e. The third-order valence-electron chi connectivity index (χ3n) is 1.32. The summed E-state index contributed by atoms with van der Waals surface area (Å²) in [5.74, 6) is 0.804. The van der Waals surface area contributed by atoms with Crippen molar-refractivity contribution in [3.63, 3.8) is 0 Å². The van der Waals surface area contributed by atoms with Crippen molar-refractivity contribution in [2.75, 3.05) is 32.7 Å². The van der Waals surface area contributed by atoms with Gasteiger partial charge in [0.15, 0.2) is 0 Å². The second kappa shape index (κ2) is 10.3. The van der Waals surface area contributed by atoms with Crippen molar-refractivity contribution in [2.24, 2.45) is 0 Å². The second-order valence-corrected chi connectivity index (χ2v) is 2.78. The quantitative estimate of drug-likeness (QED) is 0.528. The van der Waals surface area contributed by atoms with Gasteiger partial charge in [-0.2, -0.15) is 0 Å². The zero-order chi connectivity index (χ0) is 8.36. The fourth-order valence-corrected chi connectivity index (χ4v) is 0.831. The van der Waals surface area contributed by atoms with Crippen molar-refractivity contribution in [3.05, 3.63) is 0 Å². The minimum absolute atomic E-state index is 0.804.